The number of fused-ring (bicyclic) bond motifs is 3. The highest BCUT2D eigenvalue weighted by Gasteiger charge is 2.55. The molecule has 2 atom stereocenters. The summed E-state index contributed by atoms with van der Waals surface area (Å²) in [4.78, 5) is 12.5. The van der Waals surface area contributed by atoms with Crippen LogP contribution in [0.3, 0.4) is 0 Å². The van der Waals surface area contributed by atoms with Crippen molar-refractivity contribution in [3.8, 4) is 11.3 Å². The Balaban J connectivity index is 1.88. The minimum Gasteiger partial charge on any atom is -0.299 e. The van der Waals surface area contributed by atoms with E-state index in [9.17, 15) is 4.79 Å². The van der Waals surface area contributed by atoms with Crippen molar-refractivity contribution >= 4 is 5.78 Å². The number of carbonyl (C=O) groups is 1. The lowest BCUT2D eigenvalue weighted by atomic mass is 9.51. The third kappa shape index (κ3) is 2.24. The minimum absolute atomic E-state index is 0.00479. The fraction of sp³-hybridized carbons (Fsp3) is 0.545. The Morgan fingerprint density at radius 2 is 1.96 bits per heavy atom. The van der Waals surface area contributed by atoms with Crippen LogP contribution in [-0.2, 0) is 23.7 Å². The van der Waals surface area contributed by atoms with Crippen LogP contribution in [0.2, 0.25) is 0 Å². The highest BCUT2D eigenvalue weighted by atomic mass is 16.1. The van der Waals surface area contributed by atoms with Gasteiger partial charge in [-0.3, -0.25) is 9.48 Å². The smallest absolute Gasteiger partial charge is 0.138 e. The SMILES string of the molecule is Cc1cccc(-c2c3c(nn2C)[C@@]2(C)CCC(=O)C(C)(C)[C@@H]2CC3)c1. The molecule has 2 aliphatic rings. The van der Waals surface area contributed by atoms with Gasteiger partial charge in [0.2, 0.25) is 0 Å². The average Bonchev–Trinajstić information content (AvgIpc) is 2.89. The van der Waals surface area contributed by atoms with E-state index in [1.165, 1.54) is 28.1 Å². The van der Waals surface area contributed by atoms with Gasteiger partial charge in [0.1, 0.15) is 5.78 Å². The third-order valence-electron chi connectivity index (χ3n) is 6.89. The minimum atomic E-state index is -0.244. The monoisotopic (exact) mass is 336 g/mol. The summed E-state index contributed by atoms with van der Waals surface area (Å²) in [5.41, 5.74) is 6.19. The van der Waals surface area contributed by atoms with Gasteiger partial charge in [0, 0.05) is 35.4 Å². The second-order valence-electron chi connectivity index (χ2n) is 8.82. The van der Waals surface area contributed by atoms with Crippen molar-refractivity contribution < 1.29 is 4.79 Å². The maximum atomic E-state index is 12.5. The van der Waals surface area contributed by atoms with Crippen LogP contribution in [0.1, 0.15) is 56.9 Å². The van der Waals surface area contributed by atoms with Crippen molar-refractivity contribution in [1.82, 2.24) is 9.78 Å². The molecule has 0 radical (unpaired) electrons. The summed E-state index contributed by atoms with van der Waals surface area (Å²) in [6.07, 6.45) is 3.70. The number of aryl methyl sites for hydroxylation is 2. The first-order valence-electron chi connectivity index (χ1n) is 9.42. The number of ketones is 1. The van der Waals surface area contributed by atoms with E-state index in [4.69, 9.17) is 5.10 Å². The molecule has 4 rings (SSSR count). The standard InChI is InChI=1S/C22H28N2O/c1-14-7-6-8-15(13-14)19-16-9-10-17-21(2,3)18(25)11-12-22(17,4)20(16)23-24(19)5/h6-8,13,17H,9-12H2,1-5H3/t17-,22-/m0/s1. The Hall–Kier alpha value is -1.90. The molecule has 0 spiro atoms. The van der Waals surface area contributed by atoms with Crippen LogP contribution < -0.4 is 0 Å². The Morgan fingerprint density at radius 1 is 1.20 bits per heavy atom. The second-order valence-corrected chi connectivity index (χ2v) is 8.82. The Labute approximate surface area is 150 Å². The van der Waals surface area contributed by atoms with Crippen molar-refractivity contribution in [2.24, 2.45) is 18.4 Å². The van der Waals surface area contributed by atoms with Crippen molar-refractivity contribution in [1.29, 1.82) is 0 Å². The normalized spacial score (nSPS) is 27.7. The molecule has 1 fully saturated rings. The first kappa shape index (κ1) is 16.6. The van der Waals surface area contributed by atoms with Gasteiger partial charge in [-0.25, -0.2) is 0 Å². The molecule has 2 aromatic rings. The van der Waals surface area contributed by atoms with Gasteiger partial charge in [0.05, 0.1) is 11.4 Å². The van der Waals surface area contributed by atoms with Gasteiger partial charge in [-0.1, -0.05) is 44.5 Å². The topological polar surface area (TPSA) is 34.9 Å². The number of Topliss-reactive ketones (excluding diaryl/α,β-unsaturated/α-hetero) is 1. The number of benzene rings is 1. The van der Waals surface area contributed by atoms with Crippen LogP contribution in [0.4, 0.5) is 0 Å². The summed E-state index contributed by atoms with van der Waals surface area (Å²) in [6, 6.07) is 8.70. The summed E-state index contributed by atoms with van der Waals surface area (Å²) < 4.78 is 2.07. The van der Waals surface area contributed by atoms with E-state index in [-0.39, 0.29) is 10.8 Å². The van der Waals surface area contributed by atoms with Gasteiger partial charge in [-0.15, -0.1) is 0 Å². The lowest BCUT2D eigenvalue weighted by molar-refractivity contribution is -0.137. The van der Waals surface area contributed by atoms with Gasteiger partial charge < -0.3 is 0 Å². The predicted octanol–water partition coefficient (Wildman–Crippen LogP) is 4.60. The van der Waals surface area contributed by atoms with Crippen molar-refractivity contribution in [2.75, 3.05) is 0 Å². The largest absolute Gasteiger partial charge is 0.299 e. The quantitative estimate of drug-likeness (QED) is 0.762. The van der Waals surface area contributed by atoms with Gasteiger partial charge >= 0.3 is 0 Å². The van der Waals surface area contributed by atoms with Gasteiger partial charge in [0.15, 0.2) is 0 Å². The van der Waals surface area contributed by atoms with Crippen LogP contribution in [0, 0.1) is 18.3 Å². The average molecular weight is 336 g/mol. The first-order chi connectivity index (χ1) is 11.7. The van der Waals surface area contributed by atoms with E-state index >= 15 is 0 Å². The zero-order valence-corrected chi connectivity index (χ0v) is 16.0. The number of hydrogen-bond acceptors (Lipinski definition) is 2. The molecular weight excluding hydrogens is 308 g/mol. The van der Waals surface area contributed by atoms with Crippen LogP contribution >= 0.6 is 0 Å². The van der Waals surface area contributed by atoms with E-state index in [1.807, 2.05) is 0 Å². The Morgan fingerprint density at radius 3 is 2.68 bits per heavy atom. The summed E-state index contributed by atoms with van der Waals surface area (Å²) >= 11 is 0. The van der Waals surface area contributed by atoms with Crippen molar-refractivity contribution in [3.05, 3.63) is 41.1 Å². The molecule has 3 heteroatoms. The molecule has 2 aliphatic carbocycles. The highest BCUT2D eigenvalue weighted by molar-refractivity contribution is 5.86. The fourth-order valence-electron chi connectivity index (χ4n) is 5.53. The molecule has 1 saturated carbocycles. The molecule has 3 nitrogen and oxygen atoms in total. The highest BCUT2D eigenvalue weighted by Crippen LogP contribution is 2.56. The molecule has 0 aliphatic heterocycles. The van der Waals surface area contributed by atoms with Gasteiger partial charge in [0.25, 0.3) is 0 Å². The van der Waals surface area contributed by atoms with Crippen LogP contribution in [0.15, 0.2) is 24.3 Å². The van der Waals surface area contributed by atoms with E-state index in [0.29, 0.717) is 18.1 Å². The molecule has 25 heavy (non-hydrogen) atoms. The lowest BCUT2D eigenvalue weighted by Crippen LogP contribution is -2.52. The fourth-order valence-corrected chi connectivity index (χ4v) is 5.53. The molecule has 0 bridgehead atoms. The predicted molar refractivity (Wildman–Crippen MR) is 101 cm³/mol. The van der Waals surface area contributed by atoms with Gasteiger partial charge in [-0.2, -0.15) is 5.10 Å². The zero-order valence-electron chi connectivity index (χ0n) is 16.0. The summed E-state index contributed by atoms with van der Waals surface area (Å²) in [6.45, 7) is 8.77. The summed E-state index contributed by atoms with van der Waals surface area (Å²) in [5, 5.41) is 5.01. The van der Waals surface area contributed by atoms with Crippen LogP contribution in [-0.4, -0.2) is 15.6 Å². The number of carbonyl (C=O) groups excluding carboxylic acids is 1. The molecular formula is C22H28N2O. The lowest BCUT2D eigenvalue weighted by Gasteiger charge is -2.51. The maximum absolute atomic E-state index is 12.5. The number of aromatic nitrogens is 2. The number of nitrogens with zero attached hydrogens (tertiary/aromatic N) is 2. The summed E-state index contributed by atoms with van der Waals surface area (Å²) in [7, 11) is 2.06. The first-order valence-corrected chi connectivity index (χ1v) is 9.42. The number of hydrogen-bond donors (Lipinski definition) is 0. The molecule has 132 valence electrons. The second kappa shape index (κ2) is 5.30. The molecule has 0 unspecified atom stereocenters. The van der Waals surface area contributed by atoms with E-state index in [1.54, 1.807) is 0 Å². The Kier molecular flexibility index (Phi) is 3.51. The molecule has 0 saturated heterocycles. The van der Waals surface area contributed by atoms with Crippen LogP contribution in [0.5, 0.6) is 0 Å². The van der Waals surface area contributed by atoms with E-state index in [2.05, 4.69) is 63.7 Å². The molecule has 0 N–H and O–H groups in total. The molecule has 0 amide bonds. The zero-order chi connectivity index (χ0) is 18.0. The molecule has 1 aromatic heterocycles. The molecule has 1 heterocycles. The number of rotatable bonds is 1. The van der Waals surface area contributed by atoms with Gasteiger partial charge in [-0.05, 0) is 38.2 Å². The van der Waals surface area contributed by atoms with Crippen LogP contribution in [0.25, 0.3) is 11.3 Å². The maximum Gasteiger partial charge on any atom is 0.138 e. The molecule has 1 aromatic carbocycles. The third-order valence-corrected chi connectivity index (χ3v) is 6.89. The summed E-state index contributed by atoms with van der Waals surface area (Å²) in [5.74, 6) is 0.808. The van der Waals surface area contributed by atoms with E-state index < -0.39 is 0 Å². The van der Waals surface area contributed by atoms with E-state index in [0.717, 1.165) is 19.3 Å². The van der Waals surface area contributed by atoms with Crippen molar-refractivity contribution in [2.45, 2.75) is 58.8 Å². The Bertz CT molecular complexity index is 861. The van der Waals surface area contributed by atoms with Crippen molar-refractivity contribution in [3.63, 3.8) is 0 Å².